The number of rotatable bonds is 10. The van der Waals surface area contributed by atoms with Gasteiger partial charge in [-0.3, -0.25) is 14.6 Å². The molecule has 0 aliphatic carbocycles. The number of aliphatic imine (C=N–C) groups is 1. The highest BCUT2D eigenvalue weighted by atomic mass is 16.2. The van der Waals surface area contributed by atoms with Crippen molar-refractivity contribution in [2.24, 2.45) is 16.6 Å². The van der Waals surface area contributed by atoms with E-state index in [1.165, 1.54) is 5.56 Å². The van der Waals surface area contributed by atoms with Crippen LogP contribution in [0.15, 0.2) is 29.3 Å². The molecule has 0 radical (unpaired) electrons. The van der Waals surface area contributed by atoms with Crippen LogP contribution in [0.2, 0.25) is 0 Å². The van der Waals surface area contributed by atoms with E-state index in [1.54, 1.807) is 0 Å². The number of carbonyl (C=O) groups excluding carboxylic acids is 2. The molecule has 1 fully saturated rings. The normalized spacial score (nSPS) is 14.8. The second-order valence-corrected chi connectivity index (χ2v) is 8.61. The topological polar surface area (TPSA) is 91.0 Å². The number of anilines is 1. The van der Waals surface area contributed by atoms with Gasteiger partial charge in [0.15, 0.2) is 5.96 Å². The van der Waals surface area contributed by atoms with Crippen LogP contribution in [0, 0.1) is 5.92 Å². The third-order valence-electron chi connectivity index (χ3n) is 5.53. The molecule has 0 bridgehead atoms. The van der Waals surface area contributed by atoms with Crippen molar-refractivity contribution in [2.45, 2.75) is 59.3 Å². The van der Waals surface area contributed by atoms with Gasteiger partial charge in [0.25, 0.3) is 0 Å². The molecule has 31 heavy (non-hydrogen) atoms. The van der Waals surface area contributed by atoms with Gasteiger partial charge < -0.3 is 20.9 Å². The number of nitrogens with one attached hydrogen (secondary N) is 1. The molecule has 0 atom stereocenters. The van der Waals surface area contributed by atoms with Crippen LogP contribution in [0.3, 0.4) is 0 Å². The predicted octanol–water partition coefficient (Wildman–Crippen LogP) is 3.25. The van der Waals surface area contributed by atoms with Gasteiger partial charge in [0.05, 0.1) is 0 Å². The van der Waals surface area contributed by atoms with Gasteiger partial charge in [0.1, 0.15) is 0 Å². The lowest BCUT2D eigenvalue weighted by Gasteiger charge is -2.35. The average molecular weight is 430 g/mol. The summed E-state index contributed by atoms with van der Waals surface area (Å²) >= 11 is 0. The number of benzene rings is 1. The maximum Gasteiger partial charge on any atom is 0.222 e. The number of hydrogen-bond donors (Lipinski definition) is 2. The number of piperazine rings is 1. The Labute approximate surface area is 187 Å². The molecule has 1 heterocycles. The molecule has 0 aromatic heterocycles. The predicted molar refractivity (Wildman–Crippen MR) is 127 cm³/mol. The van der Waals surface area contributed by atoms with Gasteiger partial charge in [-0.05, 0) is 42.9 Å². The summed E-state index contributed by atoms with van der Waals surface area (Å²) in [7, 11) is 0. The molecule has 3 N–H and O–H groups in total. The van der Waals surface area contributed by atoms with Crippen LogP contribution >= 0.6 is 0 Å². The molecule has 0 unspecified atom stereocenters. The summed E-state index contributed by atoms with van der Waals surface area (Å²) in [6.07, 6.45) is 4.86. The third-order valence-corrected chi connectivity index (χ3v) is 5.53. The van der Waals surface area contributed by atoms with Gasteiger partial charge >= 0.3 is 0 Å². The van der Waals surface area contributed by atoms with Crippen molar-refractivity contribution < 1.29 is 9.59 Å². The Hall–Kier alpha value is -2.57. The number of carbonyl (C=O) groups is 2. The molecule has 1 aliphatic heterocycles. The number of amides is 2. The van der Waals surface area contributed by atoms with Gasteiger partial charge in [-0.2, -0.15) is 0 Å². The van der Waals surface area contributed by atoms with Crippen molar-refractivity contribution in [3.05, 3.63) is 29.8 Å². The van der Waals surface area contributed by atoms with Crippen LogP contribution in [0.4, 0.5) is 5.69 Å². The molecule has 1 aromatic carbocycles. The van der Waals surface area contributed by atoms with Gasteiger partial charge in [-0.25, -0.2) is 0 Å². The SMILES string of the molecule is CCc1ccc(NC(N)=NCCCCCC(=O)N2CCN(C(=O)CC(C)C)CC2)cc1. The Kier molecular flexibility index (Phi) is 10.3. The molecule has 172 valence electrons. The van der Waals surface area contributed by atoms with Crippen molar-refractivity contribution in [1.82, 2.24) is 9.80 Å². The van der Waals surface area contributed by atoms with E-state index in [0.29, 0.717) is 57.4 Å². The van der Waals surface area contributed by atoms with Gasteiger partial charge in [-0.15, -0.1) is 0 Å². The van der Waals surface area contributed by atoms with E-state index in [-0.39, 0.29) is 11.8 Å². The lowest BCUT2D eigenvalue weighted by molar-refractivity contribution is -0.140. The minimum absolute atomic E-state index is 0.191. The second kappa shape index (κ2) is 13.0. The number of hydrogen-bond acceptors (Lipinski definition) is 3. The zero-order valence-electron chi connectivity index (χ0n) is 19.4. The fraction of sp³-hybridized carbons (Fsp3) is 0.625. The zero-order valence-corrected chi connectivity index (χ0v) is 19.4. The Morgan fingerprint density at radius 2 is 1.61 bits per heavy atom. The molecular formula is C24H39N5O2. The van der Waals surface area contributed by atoms with Crippen LogP contribution in [0.5, 0.6) is 0 Å². The third kappa shape index (κ3) is 8.99. The Morgan fingerprint density at radius 3 is 2.19 bits per heavy atom. The van der Waals surface area contributed by atoms with Crippen molar-refractivity contribution in [3.8, 4) is 0 Å². The first-order chi connectivity index (χ1) is 14.9. The van der Waals surface area contributed by atoms with Crippen molar-refractivity contribution >= 4 is 23.5 Å². The number of aryl methyl sites for hydroxylation is 1. The van der Waals surface area contributed by atoms with Crippen LogP contribution in [0.25, 0.3) is 0 Å². The van der Waals surface area contributed by atoms with Gasteiger partial charge in [-0.1, -0.05) is 39.3 Å². The lowest BCUT2D eigenvalue weighted by Crippen LogP contribution is -2.50. The fourth-order valence-electron chi connectivity index (χ4n) is 3.62. The van der Waals surface area contributed by atoms with Crippen LogP contribution < -0.4 is 11.1 Å². The minimum atomic E-state index is 0.191. The Morgan fingerprint density at radius 1 is 1.00 bits per heavy atom. The monoisotopic (exact) mass is 429 g/mol. The fourth-order valence-corrected chi connectivity index (χ4v) is 3.62. The first-order valence-corrected chi connectivity index (χ1v) is 11.6. The quantitative estimate of drug-likeness (QED) is 0.339. The van der Waals surface area contributed by atoms with E-state index < -0.39 is 0 Å². The Balaban J connectivity index is 1.57. The zero-order chi connectivity index (χ0) is 22.6. The highest BCUT2D eigenvalue weighted by molar-refractivity contribution is 5.92. The summed E-state index contributed by atoms with van der Waals surface area (Å²) in [5.74, 6) is 1.19. The second-order valence-electron chi connectivity index (χ2n) is 8.61. The van der Waals surface area contributed by atoms with Crippen molar-refractivity contribution in [3.63, 3.8) is 0 Å². The van der Waals surface area contributed by atoms with Crippen molar-refractivity contribution in [1.29, 1.82) is 0 Å². The van der Waals surface area contributed by atoms with Gasteiger partial charge in [0, 0.05) is 51.3 Å². The van der Waals surface area contributed by atoms with E-state index >= 15 is 0 Å². The smallest absolute Gasteiger partial charge is 0.222 e. The van der Waals surface area contributed by atoms with E-state index in [2.05, 4.69) is 43.2 Å². The van der Waals surface area contributed by atoms with Gasteiger partial charge in [0.2, 0.25) is 11.8 Å². The number of unbranched alkanes of at least 4 members (excludes halogenated alkanes) is 2. The molecule has 2 amide bonds. The maximum absolute atomic E-state index is 12.4. The first-order valence-electron chi connectivity index (χ1n) is 11.6. The van der Waals surface area contributed by atoms with Crippen LogP contribution in [0.1, 0.15) is 58.4 Å². The molecule has 0 spiro atoms. The minimum Gasteiger partial charge on any atom is -0.370 e. The lowest BCUT2D eigenvalue weighted by atomic mass is 10.1. The molecular weight excluding hydrogens is 390 g/mol. The first kappa shape index (κ1) is 24.7. The maximum atomic E-state index is 12.4. The average Bonchev–Trinajstić information content (AvgIpc) is 2.76. The summed E-state index contributed by atoms with van der Waals surface area (Å²) in [5.41, 5.74) is 8.17. The number of nitrogens with zero attached hydrogens (tertiary/aromatic N) is 3. The molecule has 1 aromatic rings. The highest BCUT2D eigenvalue weighted by Crippen LogP contribution is 2.11. The van der Waals surface area contributed by atoms with E-state index in [4.69, 9.17) is 5.73 Å². The summed E-state index contributed by atoms with van der Waals surface area (Å²) in [6.45, 7) is 9.49. The summed E-state index contributed by atoms with van der Waals surface area (Å²) in [5, 5.41) is 3.11. The summed E-state index contributed by atoms with van der Waals surface area (Å²) in [4.78, 5) is 32.7. The summed E-state index contributed by atoms with van der Waals surface area (Å²) < 4.78 is 0. The van der Waals surface area contributed by atoms with Crippen molar-refractivity contribution in [2.75, 3.05) is 38.0 Å². The Bertz CT molecular complexity index is 722. The largest absolute Gasteiger partial charge is 0.370 e. The van der Waals surface area contributed by atoms with E-state index in [1.807, 2.05) is 21.9 Å². The molecule has 2 rings (SSSR count). The van der Waals surface area contributed by atoms with Crippen LogP contribution in [-0.2, 0) is 16.0 Å². The van der Waals surface area contributed by atoms with E-state index in [9.17, 15) is 9.59 Å². The number of nitrogens with two attached hydrogens (primary N) is 1. The standard InChI is InChI=1S/C24H39N5O2/c1-4-20-9-11-21(12-10-20)27-24(25)26-13-7-5-6-8-22(30)28-14-16-29(17-15-28)23(31)18-19(2)3/h9-12,19H,4-8,13-18H2,1-3H3,(H3,25,26,27). The number of guanidine groups is 1. The molecule has 7 nitrogen and oxygen atoms in total. The molecule has 0 saturated carbocycles. The summed E-state index contributed by atoms with van der Waals surface area (Å²) in [6, 6.07) is 8.17. The van der Waals surface area contributed by atoms with E-state index in [0.717, 1.165) is 31.4 Å². The molecule has 1 aliphatic rings. The van der Waals surface area contributed by atoms with Crippen LogP contribution in [-0.4, -0.2) is 60.3 Å². The molecule has 7 heteroatoms. The highest BCUT2D eigenvalue weighted by Gasteiger charge is 2.23. The molecule has 1 saturated heterocycles.